The Labute approximate surface area is 137 Å². The zero-order chi connectivity index (χ0) is 14.8. The van der Waals surface area contributed by atoms with Gasteiger partial charge in [-0.25, -0.2) is 0 Å². The van der Waals surface area contributed by atoms with Crippen molar-refractivity contribution in [2.45, 2.75) is 9.43 Å². The number of aromatic nitrogens is 3. The highest BCUT2D eigenvalue weighted by atomic mass is 35.5. The number of benzene rings is 1. The maximum Gasteiger partial charge on any atom is 0.282 e. The van der Waals surface area contributed by atoms with E-state index in [2.05, 4.69) is 14.6 Å². The van der Waals surface area contributed by atoms with Gasteiger partial charge >= 0.3 is 0 Å². The van der Waals surface area contributed by atoms with Crippen LogP contribution in [0.15, 0.2) is 38.1 Å². The summed E-state index contributed by atoms with van der Waals surface area (Å²) in [4.78, 5) is 0. The highest BCUT2D eigenvalue weighted by Gasteiger charge is 2.17. The number of nitrogens with zero attached hydrogens (tertiary/aromatic N) is 4. The van der Waals surface area contributed by atoms with Crippen molar-refractivity contribution < 1.29 is 4.42 Å². The second-order valence-corrected chi connectivity index (χ2v) is 6.46. The molecule has 0 atom stereocenters. The van der Waals surface area contributed by atoms with Crippen molar-refractivity contribution in [3.05, 3.63) is 40.0 Å². The molecule has 5 nitrogen and oxygen atoms in total. The molecule has 0 N–H and O–H groups in total. The molecule has 0 unspecified atom stereocenters. The first kappa shape index (κ1) is 14.4. The highest BCUT2D eigenvalue weighted by Crippen LogP contribution is 2.37. The predicted octanol–water partition coefficient (Wildman–Crippen LogP) is 4.52. The lowest BCUT2D eigenvalue weighted by Crippen LogP contribution is -1.78. The van der Waals surface area contributed by atoms with Crippen LogP contribution >= 0.6 is 46.5 Å². The maximum atomic E-state index is 9.02. The standard InChI is InChI=1S/C12H4Cl2N4OS2/c13-8-4-2-1-3-6(8)10-16-17-12(19-10)20-11-7(5-15)9(14)18-21-11/h1-4H. The molecule has 3 rings (SSSR count). The summed E-state index contributed by atoms with van der Waals surface area (Å²) in [5, 5.41) is 17.9. The second-order valence-electron chi connectivity index (χ2n) is 3.70. The molecule has 0 bridgehead atoms. The van der Waals surface area contributed by atoms with Gasteiger partial charge in [-0.05, 0) is 35.4 Å². The summed E-state index contributed by atoms with van der Waals surface area (Å²) in [6, 6.07) is 9.17. The van der Waals surface area contributed by atoms with E-state index in [1.165, 1.54) is 0 Å². The molecule has 0 radical (unpaired) electrons. The Morgan fingerprint density at radius 1 is 1.24 bits per heavy atom. The fraction of sp³-hybridized carbons (Fsp3) is 0. The Morgan fingerprint density at radius 2 is 2.05 bits per heavy atom. The second kappa shape index (κ2) is 6.03. The summed E-state index contributed by atoms with van der Waals surface area (Å²) < 4.78 is 10.1. The van der Waals surface area contributed by atoms with Crippen molar-refractivity contribution >= 4 is 46.5 Å². The number of hydrogen-bond acceptors (Lipinski definition) is 7. The van der Waals surface area contributed by atoms with Gasteiger partial charge in [-0.3, -0.25) is 0 Å². The van der Waals surface area contributed by atoms with Gasteiger partial charge in [0.25, 0.3) is 5.22 Å². The van der Waals surface area contributed by atoms with Gasteiger partial charge in [-0.1, -0.05) is 35.3 Å². The fourth-order valence-electron chi connectivity index (χ4n) is 1.49. The van der Waals surface area contributed by atoms with Crippen molar-refractivity contribution in [3.63, 3.8) is 0 Å². The van der Waals surface area contributed by atoms with Crippen LogP contribution in [0.25, 0.3) is 11.5 Å². The number of hydrogen-bond donors (Lipinski definition) is 0. The van der Waals surface area contributed by atoms with Crippen LogP contribution in [0.3, 0.4) is 0 Å². The third-order valence-electron chi connectivity index (χ3n) is 2.42. The average molecular weight is 355 g/mol. The monoisotopic (exact) mass is 354 g/mol. The van der Waals surface area contributed by atoms with E-state index in [0.717, 1.165) is 23.3 Å². The van der Waals surface area contributed by atoms with E-state index in [1.54, 1.807) is 12.1 Å². The topological polar surface area (TPSA) is 75.6 Å². The lowest BCUT2D eigenvalue weighted by molar-refractivity contribution is 0.466. The van der Waals surface area contributed by atoms with Gasteiger partial charge in [-0.15, -0.1) is 10.2 Å². The van der Waals surface area contributed by atoms with E-state index in [1.807, 2.05) is 18.2 Å². The van der Waals surface area contributed by atoms with E-state index in [9.17, 15) is 0 Å². The Kier molecular flexibility index (Phi) is 4.12. The van der Waals surface area contributed by atoms with Crippen molar-refractivity contribution in [1.82, 2.24) is 14.6 Å². The molecule has 2 heterocycles. The molecule has 3 aromatic rings. The van der Waals surface area contributed by atoms with Crippen LogP contribution in [0.1, 0.15) is 5.56 Å². The first-order valence-electron chi connectivity index (χ1n) is 5.50. The molecule has 104 valence electrons. The quantitative estimate of drug-likeness (QED) is 0.687. The maximum absolute atomic E-state index is 9.02. The van der Waals surface area contributed by atoms with E-state index in [4.69, 9.17) is 32.9 Å². The number of halogens is 2. The predicted molar refractivity (Wildman–Crippen MR) is 80.7 cm³/mol. The normalized spacial score (nSPS) is 10.5. The molecule has 0 spiro atoms. The van der Waals surface area contributed by atoms with E-state index in [-0.39, 0.29) is 5.15 Å². The van der Waals surface area contributed by atoms with Crippen LogP contribution in [-0.4, -0.2) is 14.6 Å². The Hall–Kier alpha value is -1.59. The molecule has 9 heteroatoms. The summed E-state index contributed by atoms with van der Waals surface area (Å²) >= 11 is 14.1. The molecule has 0 amide bonds. The molecule has 0 aliphatic rings. The van der Waals surface area contributed by atoms with E-state index < -0.39 is 0 Å². The molecule has 0 saturated carbocycles. The van der Waals surface area contributed by atoms with Gasteiger partial charge in [0, 0.05) is 0 Å². The lowest BCUT2D eigenvalue weighted by atomic mass is 10.2. The van der Waals surface area contributed by atoms with Crippen LogP contribution in [-0.2, 0) is 0 Å². The van der Waals surface area contributed by atoms with Crippen molar-refractivity contribution in [2.75, 3.05) is 0 Å². The van der Waals surface area contributed by atoms with Crippen LogP contribution in [0.2, 0.25) is 10.2 Å². The SMILES string of the molecule is N#Cc1c(Cl)nsc1Sc1nnc(-c2ccccc2Cl)o1. The van der Waals surface area contributed by atoms with Crippen molar-refractivity contribution in [2.24, 2.45) is 0 Å². The van der Waals surface area contributed by atoms with Gasteiger partial charge in [-0.2, -0.15) is 9.64 Å². The molecular weight excluding hydrogens is 351 g/mol. The molecular formula is C12H4Cl2N4OS2. The highest BCUT2D eigenvalue weighted by molar-refractivity contribution is 8.00. The van der Waals surface area contributed by atoms with Crippen LogP contribution in [0, 0.1) is 11.3 Å². The zero-order valence-electron chi connectivity index (χ0n) is 10.1. The minimum absolute atomic E-state index is 0.177. The Bertz CT molecular complexity index is 840. The largest absolute Gasteiger partial charge is 0.411 e. The van der Waals surface area contributed by atoms with Gasteiger partial charge < -0.3 is 4.42 Å². The number of nitriles is 1. The van der Waals surface area contributed by atoms with Gasteiger partial charge in [0.15, 0.2) is 5.15 Å². The fourth-order valence-corrected chi connectivity index (χ4v) is 3.63. The van der Waals surface area contributed by atoms with Gasteiger partial charge in [0.05, 0.1) is 10.6 Å². The molecule has 0 aliphatic heterocycles. The third-order valence-corrected chi connectivity index (χ3v) is 4.97. The first-order valence-corrected chi connectivity index (χ1v) is 7.85. The summed E-state index contributed by atoms with van der Waals surface area (Å²) in [7, 11) is 0. The first-order chi connectivity index (χ1) is 10.2. The molecule has 0 fully saturated rings. The van der Waals surface area contributed by atoms with E-state index in [0.29, 0.717) is 31.5 Å². The summed E-state index contributed by atoms with van der Waals surface area (Å²) in [6.45, 7) is 0. The minimum atomic E-state index is 0.177. The minimum Gasteiger partial charge on any atom is -0.411 e. The zero-order valence-corrected chi connectivity index (χ0v) is 13.2. The molecule has 1 aromatic carbocycles. The van der Waals surface area contributed by atoms with Crippen molar-refractivity contribution in [1.29, 1.82) is 5.26 Å². The van der Waals surface area contributed by atoms with Crippen molar-refractivity contribution in [3.8, 4) is 17.5 Å². The Balaban J connectivity index is 1.89. The van der Waals surface area contributed by atoms with E-state index >= 15 is 0 Å². The molecule has 21 heavy (non-hydrogen) atoms. The lowest BCUT2D eigenvalue weighted by Gasteiger charge is -1.96. The van der Waals surface area contributed by atoms with Crippen LogP contribution < -0.4 is 0 Å². The Morgan fingerprint density at radius 3 is 2.81 bits per heavy atom. The van der Waals surface area contributed by atoms with Gasteiger partial charge in [0.2, 0.25) is 5.89 Å². The van der Waals surface area contributed by atoms with Crippen LogP contribution in [0.5, 0.6) is 0 Å². The molecule has 0 saturated heterocycles. The van der Waals surface area contributed by atoms with Crippen LogP contribution in [0.4, 0.5) is 0 Å². The van der Waals surface area contributed by atoms with Gasteiger partial charge in [0.1, 0.15) is 15.8 Å². The average Bonchev–Trinajstić information content (AvgIpc) is 3.07. The summed E-state index contributed by atoms with van der Waals surface area (Å²) in [5.74, 6) is 0.317. The summed E-state index contributed by atoms with van der Waals surface area (Å²) in [6.07, 6.45) is 0. The molecule has 2 aromatic heterocycles. The third kappa shape index (κ3) is 2.89. The smallest absolute Gasteiger partial charge is 0.282 e. The number of rotatable bonds is 3. The molecule has 0 aliphatic carbocycles. The summed E-state index contributed by atoms with van der Waals surface area (Å²) in [5.41, 5.74) is 0.963.